The lowest BCUT2D eigenvalue weighted by molar-refractivity contribution is -0.00279. The Kier molecular flexibility index (Phi) is 4.24. The third kappa shape index (κ3) is 2.67. The maximum Gasteiger partial charge on any atom is 0.254 e. The highest BCUT2D eigenvalue weighted by Gasteiger charge is 2.26. The molecule has 0 saturated carbocycles. The third-order valence-electron chi connectivity index (χ3n) is 3.20. The van der Waals surface area contributed by atoms with Crippen molar-refractivity contribution in [2.24, 2.45) is 0 Å². The van der Waals surface area contributed by atoms with Gasteiger partial charge in [0, 0.05) is 22.3 Å². The average molecular weight is 313 g/mol. The van der Waals surface area contributed by atoms with Crippen LogP contribution in [-0.4, -0.2) is 36.6 Å². The fraction of sp³-hybridized carbons (Fsp3) is 0.462. The smallest absolute Gasteiger partial charge is 0.254 e. The van der Waals surface area contributed by atoms with Gasteiger partial charge in [0.1, 0.15) is 0 Å². The van der Waals surface area contributed by atoms with Crippen LogP contribution >= 0.6 is 15.9 Å². The number of ether oxygens (including phenoxy) is 1. The number of amides is 1. The van der Waals surface area contributed by atoms with Crippen molar-refractivity contribution in [2.45, 2.75) is 19.4 Å². The summed E-state index contributed by atoms with van der Waals surface area (Å²) in [6, 6.07) is 5.49. The lowest BCUT2D eigenvalue weighted by Gasteiger charge is -2.35. The Morgan fingerprint density at radius 1 is 1.61 bits per heavy atom. The molecule has 1 heterocycles. The van der Waals surface area contributed by atoms with Crippen molar-refractivity contribution in [1.82, 2.24) is 4.90 Å². The second kappa shape index (κ2) is 5.71. The number of rotatable bonds is 2. The summed E-state index contributed by atoms with van der Waals surface area (Å²) in [5.41, 5.74) is 7.03. The summed E-state index contributed by atoms with van der Waals surface area (Å²) < 4.78 is 6.22. The minimum atomic E-state index is 0.0318. The Morgan fingerprint density at radius 2 is 2.39 bits per heavy atom. The van der Waals surface area contributed by atoms with Gasteiger partial charge in [-0.3, -0.25) is 4.79 Å². The van der Waals surface area contributed by atoms with Crippen molar-refractivity contribution in [3.63, 3.8) is 0 Å². The molecule has 1 unspecified atom stereocenters. The zero-order valence-electron chi connectivity index (χ0n) is 10.4. The number of nitrogens with zero attached hydrogens (tertiary/aromatic N) is 1. The van der Waals surface area contributed by atoms with Gasteiger partial charge in [-0.15, -0.1) is 0 Å². The number of carbonyl (C=O) groups is 1. The fourth-order valence-corrected chi connectivity index (χ4v) is 2.35. The monoisotopic (exact) mass is 312 g/mol. The predicted octanol–water partition coefficient (Wildman–Crippen LogP) is 2.28. The molecule has 1 aromatic carbocycles. The molecule has 0 spiro atoms. The Labute approximate surface area is 115 Å². The van der Waals surface area contributed by atoms with E-state index in [1.807, 2.05) is 11.0 Å². The van der Waals surface area contributed by atoms with E-state index < -0.39 is 0 Å². The van der Waals surface area contributed by atoms with Crippen LogP contribution in [-0.2, 0) is 4.74 Å². The largest absolute Gasteiger partial charge is 0.398 e. The highest BCUT2D eigenvalue weighted by atomic mass is 79.9. The summed E-state index contributed by atoms with van der Waals surface area (Å²) in [6.07, 6.45) is 0.901. The number of hydrogen-bond donors (Lipinski definition) is 1. The quantitative estimate of drug-likeness (QED) is 0.852. The minimum Gasteiger partial charge on any atom is -0.398 e. The van der Waals surface area contributed by atoms with Crippen LogP contribution in [0.4, 0.5) is 5.69 Å². The molecule has 98 valence electrons. The maximum absolute atomic E-state index is 12.4. The molecule has 1 aliphatic heterocycles. The molecular formula is C13H17BrN2O2. The lowest BCUT2D eigenvalue weighted by Crippen LogP contribution is -2.48. The number of morpholine rings is 1. The van der Waals surface area contributed by atoms with Crippen LogP contribution in [0, 0.1) is 0 Å². The number of anilines is 1. The SMILES string of the molecule is CCC1COCCN1C(=O)c1ccc(Br)c(N)c1. The molecule has 1 atom stereocenters. The highest BCUT2D eigenvalue weighted by Crippen LogP contribution is 2.22. The van der Waals surface area contributed by atoms with Crippen LogP contribution < -0.4 is 5.73 Å². The van der Waals surface area contributed by atoms with Gasteiger partial charge in [0.2, 0.25) is 0 Å². The van der Waals surface area contributed by atoms with Gasteiger partial charge in [0.25, 0.3) is 5.91 Å². The third-order valence-corrected chi connectivity index (χ3v) is 3.92. The van der Waals surface area contributed by atoms with Gasteiger partial charge in [0.05, 0.1) is 19.3 Å². The van der Waals surface area contributed by atoms with E-state index in [-0.39, 0.29) is 11.9 Å². The molecule has 1 aliphatic rings. The summed E-state index contributed by atoms with van der Waals surface area (Å²) in [5.74, 6) is 0.0318. The zero-order valence-corrected chi connectivity index (χ0v) is 11.9. The van der Waals surface area contributed by atoms with E-state index >= 15 is 0 Å². The average Bonchev–Trinajstić information content (AvgIpc) is 2.41. The van der Waals surface area contributed by atoms with Gasteiger partial charge in [-0.25, -0.2) is 0 Å². The van der Waals surface area contributed by atoms with E-state index in [0.29, 0.717) is 31.0 Å². The number of benzene rings is 1. The van der Waals surface area contributed by atoms with Crippen molar-refractivity contribution in [3.05, 3.63) is 28.2 Å². The van der Waals surface area contributed by atoms with E-state index in [2.05, 4.69) is 22.9 Å². The summed E-state index contributed by atoms with van der Waals surface area (Å²) in [4.78, 5) is 14.3. The van der Waals surface area contributed by atoms with Crippen LogP contribution in [0.2, 0.25) is 0 Å². The second-order valence-corrected chi connectivity index (χ2v) is 5.23. The van der Waals surface area contributed by atoms with Crippen molar-refractivity contribution >= 4 is 27.5 Å². The van der Waals surface area contributed by atoms with Crippen LogP contribution in [0.25, 0.3) is 0 Å². The molecule has 1 amide bonds. The van der Waals surface area contributed by atoms with Crippen molar-refractivity contribution in [2.75, 3.05) is 25.5 Å². The molecule has 0 radical (unpaired) electrons. The van der Waals surface area contributed by atoms with E-state index in [4.69, 9.17) is 10.5 Å². The highest BCUT2D eigenvalue weighted by molar-refractivity contribution is 9.10. The molecular weight excluding hydrogens is 296 g/mol. The fourth-order valence-electron chi connectivity index (χ4n) is 2.10. The zero-order chi connectivity index (χ0) is 13.1. The number of hydrogen-bond acceptors (Lipinski definition) is 3. The molecule has 4 nitrogen and oxygen atoms in total. The van der Waals surface area contributed by atoms with Gasteiger partial charge in [-0.05, 0) is 40.5 Å². The van der Waals surface area contributed by atoms with Gasteiger partial charge in [0.15, 0.2) is 0 Å². The van der Waals surface area contributed by atoms with Crippen LogP contribution in [0.15, 0.2) is 22.7 Å². The Morgan fingerprint density at radius 3 is 3.06 bits per heavy atom. The second-order valence-electron chi connectivity index (χ2n) is 4.37. The Balaban J connectivity index is 2.21. The topological polar surface area (TPSA) is 55.6 Å². The molecule has 0 bridgehead atoms. The molecule has 5 heteroatoms. The molecule has 0 aromatic heterocycles. The van der Waals surface area contributed by atoms with Crippen molar-refractivity contribution < 1.29 is 9.53 Å². The van der Waals surface area contributed by atoms with Crippen LogP contribution in [0.5, 0.6) is 0 Å². The van der Waals surface area contributed by atoms with E-state index in [9.17, 15) is 4.79 Å². The molecule has 1 saturated heterocycles. The van der Waals surface area contributed by atoms with Gasteiger partial charge in [-0.2, -0.15) is 0 Å². The molecule has 2 N–H and O–H groups in total. The molecule has 1 aromatic rings. The first-order chi connectivity index (χ1) is 8.63. The molecule has 18 heavy (non-hydrogen) atoms. The normalized spacial score (nSPS) is 19.9. The summed E-state index contributed by atoms with van der Waals surface area (Å²) in [6.45, 7) is 3.94. The van der Waals surface area contributed by atoms with E-state index in [1.54, 1.807) is 12.1 Å². The number of nitrogen functional groups attached to an aromatic ring is 1. The predicted molar refractivity (Wildman–Crippen MR) is 74.5 cm³/mol. The van der Waals surface area contributed by atoms with Crippen molar-refractivity contribution in [3.8, 4) is 0 Å². The first-order valence-electron chi connectivity index (χ1n) is 6.07. The first kappa shape index (κ1) is 13.4. The van der Waals surface area contributed by atoms with E-state index in [1.165, 1.54) is 0 Å². The van der Waals surface area contributed by atoms with Crippen LogP contribution in [0.3, 0.4) is 0 Å². The Bertz CT molecular complexity index is 451. The minimum absolute atomic E-state index is 0.0318. The summed E-state index contributed by atoms with van der Waals surface area (Å²) in [5, 5.41) is 0. The van der Waals surface area contributed by atoms with Gasteiger partial charge in [-0.1, -0.05) is 6.92 Å². The van der Waals surface area contributed by atoms with Gasteiger partial charge < -0.3 is 15.4 Å². The number of halogens is 1. The number of nitrogens with two attached hydrogens (primary N) is 1. The lowest BCUT2D eigenvalue weighted by atomic mass is 10.1. The Hall–Kier alpha value is -1.07. The van der Waals surface area contributed by atoms with Gasteiger partial charge >= 0.3 is 0 Å². The van der Waals surface area contributed by atoms with E-state index in [0.717, 1.165) is 10.9 Å². The molecule has 1 fully saturated rings. The maximum atomic E-state index is 12.4. The summed E-state index contributed by atoms with van der Waals surface area (Å²) in [7, 11) is 0. The van der Waals surface area contributed by atoms with Crippen molar-refractivity contribution in [1.29, 1.82) is 0 Å². The molecule has 0 aliphatic carbocycles. The first-order valence-corrected chi connectivity index (χ1v) is 6.86. The molecule has 2 rings (SSSR count). The standard InChI is InChI=1S/C13H17BrN2O2/c1-2-10-8-18-6-5-16(10)13(17)9-3-4-11(14)12(15)7-9/h3-4,7,10H,2,5-6,8,15H2,1H3. The summed E-state index contributed by atoms with van der Waals surface area (Å²) >= 11 is 3.33. The van der Waals surface area contributed by atoms with Crippen LogP contribution in [0.1, 0.15) is 23.7 Å². The number of carbonyl (C=O) groups excluding carboxylic acids is 1.